The van der Waals surface area contributed by atoms with E-state index in [4.69, 9.17) is 0 Å². The maximum absolute atomic E-state index is 2.57. The first-order valence-electron chi connectivity index (χ1n) is 8.72. The molecule has 1 heteroatoms. The molecule has 1 aromatic rings. The summed E-state index contributed by atoms with van der Waals surface area (Å²) in [6.45, 7) is 7.64. The van der Waals surface area contributed by atoms with Crippen molar-refractivity contribution in [1.29, 1.82) is 0 Å². The highest BCUT2D eigenvalue weighted by molar-refractivity contribution is 5.25. The number of hydrogen-bond acceptors (Lipinski definition) is 1. The van der Waals surface area contributed by atoms with E-state index in [1.807, 2.05) is 0 Å². The van der Waals surface area contributed by atoms with Gasteiger partial charge in [-0.3, -0.25) is 0 Å². The number of benzene rings is 1. The van der Waals surface area contributed by atoms with E-state index < -0.39 is 0 Å². The van der Waals surface area contributed by atoms with Gasteiger partial charge in [0.1, 0.15) is 0 Å². The molecule has 0 saturated carbocycles. The van der Waals surface area contributed by atoms with Crippen LogP contribution in [0.25, 0.3) is 0 Å². The topological polar surface area (TPSA) is 3.24 Å². The van der Waals surface area contributed by atoms with Gasteiger partial charge in [-0.2, -0.15) is 0 Å². The van der Waals surface area contributed by atoms with E-state index in [0.717, 1.165) is 25.8 Å². The number of hydrogen-bond donors (Lipinski definition) is 0. The van der Waals surface area contributed by atoms with Gasteiger partial charge in [0.15, 0.2) is 0 Å². The SMILES string of the molecule is C/C=C\C/C1=C(\CC)N(Cc2ccccc2)C(C)/C=C\C=C/C1. The third kappa shape index (κ3) is 4.99. The molecule has 1 aromatic carbocycles. The van der Waals surface area contributed by atoms with Crippen LogP contribution >= 0.6 is 0 Å². The van der Waals surface area contributed by atoms with Crippen molar-refractivity contribution in [3.63, 3.8) is 0 Å². The Morgan fingerprint density at radius 1 is 1.17 bits per heavy atom. The Labute approximate surface area is 141 Å². The zero-order valence-electron chi connectivity index (χ0n) is 14.7. The van der Waals surface area contributed by atoms with Crippen LogP contribution in [-0.4, -0.2) is 10.9 Å². The Hall–Kier alpha value is -2.02. The van der Waals surface area contributed by atoms with Gasteiger partial charge in [0.05, 0.1) is 0 Å². The van der Waals surface area contributed by atoms with Gasteiger partial charge in [-0.1, -0.05) is 73.7 Å². The first kappa shape index (κ1) is 17.3. The van der Waals surface area contributed by atoms with E-state index in [1.54, 1.807) is 0 Å². The van der Waals surface area contributed by atoms with Crippen molar-refractivity contribution >= 4 is 0 Å². The van der Waals surface area contributed by atoms with Gasteiger partial charge >= 0.3 is 0 Å². The van der Waals surface area contributed by atoms with Crippen molar-refractivity contribution in [2.45, 2.75) is 52.6 Å². The van der Waals surface area contributed by atoms with Crippen molar-refractivity contribution < 1.29 is 0 Å². The van der Waals surface area contributed by atoms with Crippen molar-refractivity contribution in [2.75, 3.05) is 0 Å². The van der Waals surface area contributed by atoms with Gasteiger partial charge in [0, 0.05) is 18.3 Å². The normalized spacial score (nSPS) is 25.0. The zero-order valence-corrected chi connectivity index (χ0v) is 14.7. The van der Waals surface area contributed by atoms with Crippen LogP contribution in [0.4, 0.5) is 0 Å². The summed E-state index contributed by atoms with van der Waals surface area (Å²) in [6.07, 6.45) is 16.5. The van der Waals surface area contributed by atoms with E-state index in [-0.39, 0.29) is 0 Å². The molecule has 0 amide bonds. The van der Waals surface area contributed by atoms with E-state index in [2.05, 4.69) is 92.5 Å². The smallest absolute Gasteiger partial charge is 0.0448 e. The van der Waals surface area contributed by atoms with Crippen LogP contribution in [0.15, 0.2) is 78.1 Å². The predicted octanol–water partition coefficient (Wildman–Crippen LogP) is 6.02. The summed E-state index contributed by atoms with van der Waals surface area (Å²) in [6, 6.07) is 11.2. The third-order valence-electron chi connectivity index (χ3n) is 4.38. The Morgan fingerprint density at radius 2 is 1.96 bits per heavy atom. The zero-order chi connectivity index (χ0) is 16.5. The first-order valence-corrected chi connectivity index (χ1v) is 8.72. The lowest BCUT2D eigenvalue weighted by molar-refractivity contribution is 0.286. The van der Waals surface area contributed by atoms with Crippen LogP contribution in [0, 0.1) is 0 Å². The number of allylic oxidation sites excluding steroid dienone is 7. The standard InChI is InChI=1S/C22H29N/c1-4-6-16-21-17-12-7-9-13-19(3)23(22(21)5-2)18-20-14-10-8-11-15-20/h4,6-15,19H,5,16-18H2,1-3H3/b6-4-,12-7-,13-9-,22-21-. The van der Waals surface area contributed by atoms with Gasteiger partial charge in [-0.25, -0.2) is 0 Å². The molecule has 0 spiro atoms. The molecule has 122 valence electrons. The minimum Gasteiger partial charge on any atom is -0.364 e. The molecular formula is C22H29N. The fraction of sp³-hybridized carbons (Fsp3) is 0.364. The van der Waals surface area contributed by atoms with Crippen molar-refractivity contribution in [3.8, 4) is 0 Å². The summed E-state index contributed by atoms with van der Waals surface area (Å²) in [7, 11) is 0. The van der Waals surface area contributed by atoms with Crippen molar-refractivity contribution in [1.82, 2.24) is 4.90 Å². The monoisotopic (exact) mass is 307 g/mol. The molecule has 0 aliphatic carbocycles. The molecule has 1 aliphatic rings. The second-order valence-corrected chi connectivity index (χ2v) is 6.05. The molecule has 1 unspecified atom stereocenters. The fourth-order valence-electron chi connectivity index (χ4n) is 3.12. The molecule has 2 rings (SSSR count). The minimum absolute atomic E-state index is 0.397. The van der Waals surface area contributed by atoms with Gasteiger partial charge < -0.3 is 4.90 Å². The van der Waals surface area contributed by atoms with Crippen LogP contribution in [0.3, 0.4) is 0 Å². The lowest BCUT2D eigenvalue weighted by Crippen LogP contribution is -2.31. The highest BCUT2D eigenvalue weighted by atomic mass is 15.2. The molecule has 23 heavy (non-hydrogen) atoms. The van der Waals surface area contributed by atoms with E-state index in [9.17, 15) is 0 Å². The first-order chi connectivity index (χ1) is 11.3. The van der Waals surface area contributed by atoms with Crippen LogP contribution in [0.5, 0.6) is 0 Å². The Balaban J connectivity index is 2.39. The molecule has 0 radical (unpaired) electrons. The fourth-order valence-corrected chi connectivity index (χ4v) is 3.12. The van der Waals surface area contributed by atoms with Gasteiger partial charge in [0.2, 0.25) is 0 Å². The van der Waals surface area contributed by atoms with E-state index >= 15 is 0 Å². The minimum atomic E-state index is 0.397. The maximum atomic E-state index is 2.57. The molecule has 1 aliphatic heterocycles. The summed E-state index contributed by atoms with van der Waals surface area (Å²) < 4.78 is 0. The lowest BCUT2D eigenvalue weighted by Gasteiger charge is -2.33. The summed E-state index contributed by atoms with van der Waals surface area (Å²) in [5.74, 6) is 0. The highest BCUT2D eigenvalue weighted by Gasteiger charge is 2.17. The molecular weight excluding hydrogens is 278 g/mol. The molecule has 0 saturated heterocycles. The Morgan fingerprint density at radius 3 is 2.65 bits per heavy atom. The molecule has 1 heterocycles. The quantitative estimate of drug-likeness (QED) is 0.601. The highest BCUT2D eigenvalue weighted by Crippen LogP contribution is 2.26. The second kappa shape index (κ2) is 9.19. The van der Waals surface area contributed by atoms with E-state index in [1.165, 1.54) is 16.8 Å². The largest absolute Gasteiger partial charge is 0.364 e. The molecule has 1 atom stereocenters. The van der Waals surface area contributed by atoms with Crippen LogP contribution in [0.1, 0.15) is 45.6 Å². The van der Waals surface area contributed by atoms with Crippen LogP contribution in [0.2, 0.25) is 0 Å². The molecule has 0 bridgehead atoms. The number of nitrogens with zero attached hydrogens (tertiary/aromatic N) is 1. The Bertz CT molecular complexity index is 590. The molecule has 0 fully saturated rings. The van der Waals surface area contributed by atoms with E-state index in [0.29, 0.717) is 6.04 Å². The van der Waals surface area contributed by atoms with Gasteiger partial charge in [-0.15, -0.1) is 0 Å². The summed E-state index contributed by atoms with van der Waals surface area (Å²) >= 11 is 0. The summed E-state index contributed by atoms with van der Waals surface area (Å²) in [4.78, 5) is 2.57. The molecule has 1 nitrogen and oxygen atoms in total. The average Bonchev–Trinajstić information content (AvgIpc) is 2.64. The summed E-state index contributed by atoms with van der Waals surface area (Å²) in [5, 5.41) is 0. The number of rotatable bonds is 5. The van der Waals surface area contributed by atoms with Gasteiger partial charge in [-0.05, 0) is 44.2 Å². The molecule has 0 N–H and O–H groups in total. The second-order valence-electron chi connectivity index (χ2n) is 6.05. The predicted molar refractivity (Wildman–Crippen MR) is 101 cm³/mol. The maximum Gasteiger partial charge on any atom is 0.0448 e. The Kier molecular flexibility index (Phi) is 6.93. The van der Waals surface area contributed by atoms with Gasteiger partial charge in [0.25, 0.3) is 0 Å². The van der Waals surface area contributed by atoms with Crippen molar-refractivity contribution in [3.05, 3.63) is 83.6 Å². The van der Waals surface area contributed by atoms with Crippen molar-refractivity contribution in [2.24, 2.45) is 0 Å². The molecule has 0 aromatic heterocycles. The lowest BCUT2D eigenvalue weighted by atomic mass is 10.0. The third-order valence-corrected chi connectivity index (χ3v) is 4.38. The van der Waals surface area contributed by atoms with Crippen LogP contribution < -0.4 is 0 Å². The van der Waals surface area contributed by atoms with Crippen LogP contribution in [-0.2, 0) is 6.54 Å². The summed E-state index contributed by atoms with van der Waals surface area (Å²) in [5.41, 5.74) is 4.40. The average molecular weight is 307 g/mol.